The van der Waals surface area contributed by atoms with Gasteiger partial charge in [0.1, 0.15) is 5.69 Å². The summed E-state index contributed by atoms with van der Waals surface area (Å²) in [5.74, 6) is -0.406. The Labute approximate surface area is 198 Å². The first-order valence-electron chi connectivity index (χ1n) is 10.7. The van der Waals surface area contributed by atoms with Gasteiger partial charge < -0.3 is 15.1 Å². The molecule has 0 unspecified atom stereocenters. The van der Waals surface area contributed by atoms with Gasteiger partial charge in [0.25, 0.3) is 5.69 Å². The number of hydrogen-bond acceptors (Lipinski definition) is 6. The second-order valence-corrected chi connectivity index (χ2v) is 8.71. The van der Waals surface area contributed by atoms with Crippen LogP contribution in [0.5, 0.6) is 0 Å². The van der Waals surface area contributed by atoms with Crippen LogP contribution in [0.25, 0.3) is 0 Å². The molecule has 2 amide bonds. The molecule has 1 heterocycles. The van der Waals surface area contributed by atoms with Gasteiger partial charge in [0.15, 0.2) is 0 Å². The second-order valence-electron chi connectivity index (χ2n) is 8.27. The smallest absolute Gasteiger partial charge is 0.294 e. The van der Waals surface area contributed by atoms with Crippen LogP contribution in [-0.2, 0) is 9.59 Å². The number of carbonyl (C=O) groups excluding carboxylic acids is 2. The maximum Gasteiger partial charge on any atom is 0.294 e. The highest BCUT2D eigenvalue weighted by Gasteiger charge is 2.25. The molecule has 0 aliphatic carbocycles. The summed E-state index contributed by atoms with van der Waals surface area (Å²) in [6.07, 6.45) is 0. The Morgan fingerprint density at radius 2 is 1.82 bits per heavy atom. The fraction of sp³-hybridized carbons (Fsp3) is 0.391. The molecule has 3 rings (SSSR count). The van der Waals surface area contributed by atoms with Crippen LogP contribution >= 0.6 is 11.6 Å². The summed E-state index contributed by atoms with van der Waals surface area (Å²) in [5.41, 5.74) is 3.25. The van der Waals surface area contributed by atoms with E-state index < -0.39 is 4.92 Å². The molecule has 0 aromatic heterocycles. The van der Waals surface area contributed by atoms with Gasteiger partial charge >= 0.3 is 0 Å². The van der Waals surface area contributed by atoms with Crippen LogP contribution in [0.4, 0.5) is 17.1 Å². The first kappa shape index (κ1) is 24.5. The van der Waals surface area contributed by atoms with Crippen molar-refractivity contribution in [1.29, 1.82) is 0 Å². The van der Waals surface area contributed by atoms with Gasteiger partial charge in [0, 0.05) is 50.0 Å². The number of amides is 2. The van der Waals surface area contributed by atoms with E-state index in [9.17, 15) is 19.7 Å². The number of nitrogens with zero attached hydrogens (tertiary/aromatic N) is 4. The second kappa shape index (κ2) is 10.6. The predicted octanol–water partition coefficient (Wildman–Crippen LogP) is 3.08. The molecule has 33 heavy (non-hydrogen) atoms. The van der Waals surface area contributed by atoms with Crippen molar-refractivity contribution in [1.82, 2.24) is 9.80 Å². The number of rotatable bonds is 7. The van der Waals surface area contributed by atoms with Crippen LogP contribution in [0, 0.1) is 24.0 Å². The zero-order chi connectivity index (χ0) is 24.1. The van der Waals surface area contributed by atoms with Crippen molar-refractivity contribution in [3.63, 3.8) is 0 Å². The van der Waals surface area contributed by atoms with Gasteiger partial charge in [-0.1, -0.05) is 23.7 Å². The molecule has 176 valence electrons. The highest BCUT2D eigenvalue weighted by molar-refractivity contribution is 6.30. The maximum atomic E-state index is 12.6. The van der Waals surface area contributed by atoms with Gasteiger partial charge in [0.2, 0.25) is 11.8 Å². The molecule has 1 aliphatic heterocycles. The first-order chi connectivity index (χ1) is 15.6. The lowest BCUT2D eigenvalue weighted by Crippen LogP contribution is -2.50. The number of halogens is 1. The normalized spacial score (nSPS) is 14.1. The summed E-state index contributed by atoms with van der Waals surface area (Å²) in [7, 11) is 1.61. The van der Waals surface area contributed by atoms with Gasteiger partial charge in [0.05, 0.1) is 18.0 Å². The largest absolute Gasteiger partial charge is 0.363 e. The number of benzene rings is 2. The SMILES string of the molecule is Cc1ccc(C)c(NC(=O)CN(C)C(=O)CN2CCN(c3ccc(Cl)cc3[N+](=O)[O-])CC2)c1. The van der Waals surface area contributed by atoms with Crippen molar-refractivity contribution >= 4 is 40.5 Å². The predicted molar refractivity (Wildman–Crippen MR) is 129 cm³/mol. The zero-order valence-electron chi connectivity index (χ0n) is 19.0. The molecule has 0 atom stereocenters. The lowest BCUT2D eigenvalue weighted by Gasteiger charge is -2.36. The van der Waals surface area contributed by atoms with Crippen molar-refractivity contribution in [2.75, 3.05) is 56.5 Å². The average Bonchev–Trinajstić information content (AvgIpc) is 2.76. The number of aryl methyl sites for hydroxylation is 2. The summed E-state index contributed by atoms with van der Waals surface area (Å²) in [5, 5.41) is 14.6. The lowest BCUT2D eigenvalue weighted by molar-refractivity contribution is -0.384. The lowest BCUT2D eigenvalue weighted by atomic mass is 10.1. The molecule has 10 heteroatoms. The highest BCUT2D eigenvalue weighted by atomic mass is 35.5. The van der Waals surface area contributed by atoms with Crippen LogP contribution in [0.3, 0.4) is 0 Å². The number of anilines is 2. The number of nitro benzene ring substituents is 1. The Morgan fingerprint density at radius 3 is 2.48 bits per heavy atom. The van der Waals surface area contributed by atoms with Crippen LogP contribution in [-0.4, -0.2) is 72.9 Å². The van der Waals surface area contributed by atoms with Crippen LogP contribution < -0.4 is 10.2 Å². The number of carbonyl (C=O) groups is 2. The third-order valence-corrected chi connectivity index (χ3v) is 5.91. The summed E-state index contributed by atoms with van der Waals surface area (Å²) in [6, 6.07) is 10.5. The summed E-state index contributed by atoms with van der Waals surface area (Å²) in [4.78, 5) is 41.3. The van der Waals surface area contributed by atoms with Crippen molar-refractivity contribution in [2.24, 2.45) is 0 Å². The van der Waals surface area contributed by atoms with E-state index in [0.29, 0.717) is 36.9 Å². The topological polar surface area (TPSA) is 99.0 Å². The Hall–Kier alpha value is -3.17. The Balaban J connectivity index is 1.50. The maximum absolute atomic E-state index is 12.6. The molecule has 0 spiro atoms. The van der Waals surface area contributed by atoms with E-state index in [1.54, 1.807) is 19.2 Å². The fourth-order valence-corrected chi connectivity index (χ4v) is 3.90. The number of piperazine rings is 1. The van der Waals surface area contributed by atoms with Crippen LogP contribution in [0.2, 0.25) is 5.02 Å². The van der Waals surface area contributed by atoms with Crippen LogP contribution in [0.15, 0.2) is 36.4 Å². The molecule has 1 aliphatic rings. The molecule has 1 fully saturated rings. The van der Waals surface area contributed by atoms with Crippen molar-refractivity contribution < 1.29 is 14.5 Å². The van der Waals surface area contributed by atoms with E-state index in [2.05, 4.69) is 5.32 Å². The summed E-state index contributed by atoms with van der Waals surface area (Å²) >= 11 is 5.90. The summed E-state index contributed by atoms with van der Waals surface area (Å²) < 4.78 is 0. The Morgan fingerprint density at radius 1 is 1.12 bits per heavy atom. The standard InChI is InChI=1S/C23H28ClN5O4/c1-16-4-5-17(2)19(12-16)25-22(30)14-26(3)23(31)15-27-8-10-28(11-9-27)20-7-6-18(24)13-21(20)29(32)33/h4-7,12-13H,8-11,14-15H2,1-3H3,(H,25,30). The van der Waals surface area contributed by atoms with E-state index in [4.69, 9.17) is 11.6 Å². The minimum atomic E-state index is -0.435. The third kappa shape index (κ3) is 6.43. The van der Waals surface area contributed by atoms with Gasteiger partial charge in [-0.25, -0.2) is 0 Å². The summed E-state index contributed by atoms with van der Waals surface area (Å²) in [6.45, 7) is 6.27. The van der Waals surface area contributed by atoms with E-state index in [-0.39, 0.29) is 30.6 Å². The number of likely N-dealkylation sites (N-methyl/N-ethyl adjacent to an activating group) is 1. The first-order valence-corrected chi connectivity index (χ1v) is 11.0. The highest BCUT2D eigenvalue weighted by Crippen LogP contribution is 2.31. The average molecular weight is 474 g/mol. The molecule has 0 bridgehead atoms. The van der Waals surface area contributed by atoms with Crippen molar-refractivity contribution in [2.45, 2.75) is 13.8 Å². The monoisotopic (exact) mass is 473 g/mol. The number of nitrogens with one attached hydrogen (secondary N) is 1. The minimum Gasteiger partial charge on any atom is -0.363 e. The third-order valence-electron chi connectivity index (χ3n) is 5.68. The van der Waals surface area contributed by atoms with E-state index in [0.717, 1.165) is 16.8 Å². The van der Waals surface area contributed by atoms with E-state index in [1.165, 1.54) is 11.0 Å². The molecule has 0 saturated carbocycles. The zero-order valence-corrected chi connectivity index (χ0v) is 19.8. The van der Waals surface area contributed by atoms with Crippen molar-refractivity contribution in [3.8, 4) is 0 Å². The van der Waals surface area contributed by atoms with E-state index in [1.807, 2.05) is 41.8 Å². The quantitative estimate of drug-likeness (QED) is 0.490. The fourth-order valence-electron chi connectivity index (χ4n) is 3.73. The molecule has 2 aromatic rings. The Bertz CT molecular complexity index is 1050. The van der Waals surface area contributed by atoms with Gasteiger partial charge in [-0.15, -0.1) is 0 Å². The molecule has 1 saturated heterocycles. The molecular weight excluding hydrogens is 446 g/mol. The Kier molecular flexibility index (Phi) is 7.88. The van der Waals surface area contributed by atoms with Crippen LogP contribution in [0.1, 0.15) is 11.1 Å². The molecule has 1 N–H and O–H groups in total. The van der Waals surface area contributed by atoms with Gasteiger partial charge in [-0.3, -0.25) is 24.6 Å². The van der Waals surface area contributed by atoms with Crippen molar-refractivity contribution in [3.05, 3.63) is 62.7 Å². The molecular formula is C23H28ClN5O4. The van der Waals surface area contributed by atoms with E-state index >= 15 is 0 Å². The van der Waals surface area contributed by atoms with Gasteiger partial charge in [-0.2, -0.15) is 0 Å². The van der Waals surface area contributed by atoms with Gasteiger partial charge in [-0.05, 0) is 43.2 Å². The number of hydrogen-bond donors (Lipinski definition) is 1. The molecule has 0 radical (unpaired) electrons. The minimum absolute atomic E-state index is 0.0263. The molecule has 2 aromatic carbocycles. The molecule has 9 nitrogen and oxygen atoms in total. The number of nitro groups is 1.